The second-order valence-corrected chi connectivity index (χ2v) is 16.2. The number of rotatable bonds is 18. The van der Waals surface area contributed by atoms with Crippen LogP contribution in [0.4, 0.5) is 11.4 Å². The summed E-state index contributed by atoms with van der Waals surface area (Å²) >= 11 is 0. The Morgan fingerprint density at radius 3 is 2.16 bits per heavy atom. The van der Waals surface area contributed by atoms with E-state index in [1.54, 1.807) is 0 Å². The first kappa shape index (κ1) is 52.6. The molecule has 3 heteroatoms. The highest BCUT2D eigenvalue weighted by Crippen LogP contribution is 2.40. The van der Waals surface area contributed by atoms with Gasteiger partial charge in [-0.25, -0.2) is 0 Å². The maximum absolute atomic E-state index is 6.51. The lowest BCUT2D eigenvalue weighted by atomic mass is 9.77. The molecule has 0 saturated heterocycles. The average molecular weight is 833 g/mol. The van der Waals surface area contributed by atoms with Crippen LogP contribution in [0.2, 0.25) is 0 Å². The fourth-order valence-electron chi connectivity index (χ4n) is 7.31. The molecule has 1 aromatic heterocycles. The fourth-order valence-corrected chi connectivity index (χ4v) is 7.31. The van der Waals surface area contributed by atoms with Crippen molar-refractivity contribution in [2.75, 3.05) is 23.3 Å². The SMILES string of the molecule is C=C/C(=C\C)C(C)(C)c1ccc(N(C/C=C\C(C)=C/C)C2=CCC(c3oc4c(c3C/C=C\C=C/CCC)NCC=C4)C=C2)cc1.C=CC(/C(C)=C/C=C\C)=C(C)\C=C/C.CCC. The number of furan rings is 1. The number of fused-ring (bicyclic) bond motifs is 1. The number of hydrogen-bond donors (Lipinski definition) is 1. The minimum atomic E-state index is -0.106. The number of anilines is 2. The molecule has 1 aliphatic heterocycles. The van der Waals surface area contributed by atoms with Crippen molar-refractivity contribution in [1.29, 1.82) is 0 Å². The van der Waals surface area contributed by atoms with Crippen molar-refractivity contribution >= 4 is 17.5 Å². The lowest BCUT2D eigenvalue weighted by Gasteiger charge is -2.30. The lowest BCUT2D eigenvalue weighted by Crippen LogP contribution is -2.24. The zero-order chi connectivity index (χ0) is 45.9. The van der Waals surface area contributed by atoms with Gasteiger partial charge in [-0.05, 0) is 120 Å². The van der Waals surface area contributed by atoms with E-state index in [0.717, 1.165) is 49.6 Å². The molecule has 0 spiro atoms. The standard InChI is InChI=1S/C42H52N2O.C14H20.C3H8/c1-8-12-13-14-15-16-20-38-40-39(21-17-30-43-40)45-41(38)33-22-26-36(27-23-33)44(31-18-19-32(5)9-2)37-28-24-35(25-29-37)42(6,7)34(10-3)11-4;1-6-9-11-13(5)14(8-3)12(4)10-7-2;1-3-2/h9-11,13-19,21-22,24-29,33,43H,3,8,12,20,23,30-31H2,1-2,4-7H3;6-11H,3H2,1-2,4-5H3;3H2,1-2H3/b14-13-,16-15-,19-18-,32-9-,34-11+;9-6-,10-7-,13-11+,14-12+;. The van der Waals surface area contributed by atoms with Gasteiger partial charge in [-0.2, -0.15) is 0 Å². The van der Waals surface area contributed by atoms with Crippen LogP contribution in [-0.2, 0) is 11.8 Å². The maximum atomic E-state index is 6.51. The lowest BCUT2D eigenvalue weighted by molar-refractivity contribution is 0.478. The molecule has 1 aliphatic carbocycles. The van der Waals surface area contributed by atoms with Crippen molar-refractivity contribution in [3.05, 3.63) is 209 Å². The Morgan fingerprint density at radius 1 is 0.871 bits per heavy atom. The van der Waals surface area contributed by atoms with Crippen LogP contribution in [-0.4, -0.2) is 13.1 Å². The van der Waals surface area contributed by atoms with E-state index in [9.17, 15) is 0 Å². The van der Waals surface area contributed by atoms with Gasteiger partial charge in [0.1, 0.15) is 11.5 Å². The summed E-state index contributed by atoms with van der Waals surface area (Å²) in [6, 6.07) is 9.03. The third-order valence-electron chi connectivity index (χ3n) is 10.9. The van der Waals surface area contributed by atoms with Crippen molar-refractivity contribution in [2.24, 2.45) is 0 Å². The summed E-state index contributed by atoms with van der Waals surface area (Å²) in [6.07, 6.45) is 48.2. The third kappa shape index (κ3) is 16.1. The van der Waals surface area contributed by atoms with Crippen molar-refractivity contribution in [2.45, 2.75) is 127 Å². The molecule has 2 heterocycles. The Morgan fingerprint density at radius 2 is 1.58 bits per heavy atom. The van der Waals surface area contributed by atoms with Crippen LogP contribution >= 0.6 is 0 Å². The molecule has 2 aliphatic rings. The van der Waals surface area contributed by atoms with Gasteiger partial charge < -0.3 is 14.6 Å². The van der Waals surface area contributed by atoms with E-state index in [-0.39, 0.29) is 11.3 Å². The van der Waals surface area contributed by atoms with Gasteiger partial charge in [0, 0.05) is 41.4 Å². The highest BCUT2D eigenvalue weighted by atomic mass is 16.3. The van der Waals surface area contributed by atoms with Crippen molar-refractivity contribution in [3.8, 4) is 0 Å². The van der Waals surface area contributed by atoms with Crippen LogP contribution in [0.25, 0.3) is 6.08 Å². The van der Waals surface area contributed by atoms with Crippen LogP contribution in [0.3, 0.4) is 0 Å². The van der Waals surface area contributed by atoms with E-state index in [0.29, 0.717) is 0 Å². The summed E-state index contributed by atoms with van der Waals surface area (Å²) in [5.41, 5.74) is 12.2. The molecule has 1 atom stereocenters. The van der Waals surface area contributed by atoms with E-state index in [1.165, 1.54) is 63.2 Å². The largest absolute Gasteiger partial charge is 0.459 e. The Balaban J connectivity index is 0.000000657. The van der Waals surface area contributed by atoms with E-state index in [1.807, 2.05) is 44.2 Å². The zero-order valence-electron chi connectivity index (χ0n) is 40.7. The predicted molar refractivity (Wildman–Crippen MR) is 279 cm³/mol. The molecule has 0 radical (unpaired) electrons. The average Bonchev–Trinajstić information content (AvgIpc) is 3.65. The number of nitrogens with one attached hydrogen (secondary N) is 1. The molecule has 0 saturated carbocycles. The molecular formula is C59H80N2O. The highest BCUT2D eigenvalue weighted by Gasteiger charge is 2.27. The molecule has 0 bridgehead atoms. The Labute approximate surface area is 379 Å². The monoisotopic (exact) mass is 833 g/mol. The molecule has 332 valence electrons. The minimum absolute atomic E-state index is 0.106. The van der Waals surface area contributed by atoms with Gasteiger partial charge in [0.15, 0.2) is 0 Å². The third-order valence-corrected chi connectivity index (χ3v) is 10.9. The first-order valence-corrected chi connectivity index (χ1v) is 22.9. The minimum Gasteiger partial charge on any atom is -0.459 e. The fraction of sp³-hybridized carbons (Fsp3) is 0.356. The number of unbranched alkanes of at least 4 members (excludes halogenated alkanes) is 1. The molecule has 2 aromatic rings. The molecule has 1 unspecified atom stereocenters. The zero-order valence-corrected chi connectivity index (χ0v) is 40.7. The molecular weight excluding hydrogens is 753 g/mol. The van der Waals surface area contributed by atoms with E-state index in [4.69, 9.17) is 4.42 Å². The number of hydrogen-bond acceptors (Lipinski definition) is 3. The van der Waals surface area contributed by atoms with Gasteiger partial charge in [-0.15, -0.1) is 0 Å². The van der Waals surface area contributed by atoms with Gasteiger partial charge in [-0.3, -0.25) is 0 Å². The number of nitrogens with zero attached hydrogens (tertiary/aromatic N) is 1. The molecule has 4 rings (SSSR count). The molecule has 0 amide bonds. The normalized spacial score (nSPS) is 16.2. The van der Waals surface area contributed by atoms with Crippen LogP contribution in [0.5, 0.6) is 0 Å². The summed E-state index contributed by atoms with van der Waals surface area (Å²) in [5.74, 6) is 2.20. The first-order valence-electron chi connectivity index (χ1n) is 22.9. The second kappa shape index (κ2) is 28.9. The summed E-state index contributed by atoms with van der Waals surface area (Å²) in [4.78, 5) is 2.40. The molecule has 0 fully saturated rings. The molecule has 1 aromatic carbocycles. The van der Waals surface area contributed by atoms with Crippen LogP contribution in [0, 0.1) is 0 Å². The van der Waals surface area contributed by atoms with Crippen molar-refractivity contribution < 1.29 is 4.42 Å². The Bertz CT molecular complexity index is 2090. The van der Waals surface area contributed by atoms with Gasteiger partial charge >= 0.3 is 0 Å². The van der Waals surface area contributed by atoms with Gasteiger partial charge in [0.25, 0.3) is 0 Å². The second-order valence-electron chi connectivity index (χ2n) is 16.2. The highest BCUT2D eigenvalue weighted by molar-refractivity contribution is 5.71. The van der Waals surface area contributed by atoms with Gasteiger partial charge in [0.05, 0.1) is 5.69 Å². The van der Waals surface area contributed by atoms with Gasteiger partial charge in [-0.1, -0.05) is 188 Å². The predicted octanol–water partition coefficient (Wildman–Crippen LogP) is 17.5. The number of benzene rings is 1. The quantitative estimate of drug-likeness (QED) is 0.152. The van der Waals surface area contributed by atoms with Crippen molar-refractivity contribution in [1.82, 2.24) is 0 Å². The number of allylic oxidation sites excluding steroid dienone is 22. The van der Waals surface area contributed by atoms with Crippen molar-refractivity contribution in [3.63, 3.8) is 0 Å². The molecule has 62 heavy (non-hydrogen) atoms. The van der Waals surface area contributed by atoms with Crippen LogP contribution < -0.4 is 10.2 Å². The maximum Gasteiger partial charge on any atom is 0.150 e. The van der Waals surface area contributed by atoms with Crippen LogP contribution in [0.1, 0.15) is 137 Å². The smallest absolute Gasteiger partial charge is 0.150 e. The molecule has 3 nitrogen and oxygen atoms in total. The summed E-state index contributed by atoms with van der Waals surface area (Å²) in [7, 11) is 0. The Kier molecular flexibility index (Phi) is 24.5. The van der Waals surface area contributed by atoms with Gasteiger partial charge in [0.2, 0.25) is 0 Å². The summed E-state index contributed by atoms with van der Waals surface area (Å²) < 4.78 is 6.51. The topological polar surface area (TPSA) is 28.4 Å². The Hall–Kier alpha value is -5.54. The van der Waals surface area contributed by atoms with E-state index in [2.05, 4.69) is 208 Å². The summed E-state index contributed by atoms with van der Waals surface area (Å²) in [5, 5.41) is 3.57. The van der Waals surface area contributed by atoms with E-state index < -0.39 is 0 Å². The molecule has 1 N–H and O–H groups in total. The van der Waals surface area contributed by atoms with Crippen LogP contribution in [0.15, 0.2) is 191 Å². The summed E-state index contributed by atoms with van der Waals surface area (Å²) in [6.45, 7) is 35.0. The van der Waals surface area contributed by atoms with E-state index >= 15 is 0 Å². The first-order chi connectivity index (χ1) is 29.9.